The van der Waals surface area contributed by atoms with Crippen LogP contribution < -0.4 is 20.9 Å². The summed E-state index contributed by atoms with van der Waals surface area (Å²) in [7, 11) is 0. The zero-order chi connectivity index (χ0) is 27.9. The third-order valence-electron chi connectivity index (χ3n) is 7.39. The minimum absolute atomic E-state index is 0.212. The van der Waals surface area contributed by atoms with Gasteiger partial charge in [-0.15, -0.1) is 0 Å². The van der Waals surface area contributed by atoms with Crippen molar-refractivity contribution in [3.8, 4) is 0 Å². The average molecular weight is 547 g/mol. The normalized spacial score (nSPS) is 15.9. The summed E-state index contributed by atoms with van der Waals surface area (Å²) in [5.74, 6) is 0.00384. The number of ether oxygens (including phenoxy) is 1. The number of nitrogens with one attached hydrogen (secondary N) is 3. The molecule has 10 heteroatoms. The maximum absolute atomic E-state index is 14.4. The number of aryl methyl sites for hydroxylation is 1. The van der Waals surface area contributed by atoms with Crippen LogP contribution in [0.1, 0.15) is 58.5 Å². The van der Waals surface area contributed by atoms with Crippen molar-refractivity contribution in [3.63, 3.8) is 0 Å². The molecule has 0 saturated carbocycles. The minimum Gasteiger partial charge on any atom is -0.381 e. The van der Waals surface area contributed by atoms with Crippen LogP contribution in [0.3, 0.4) is 0 Å². The number of carbonyl (C=O) groups excluding carboxylic acids is 2. The molecule has 9 nitrogen and oxygen atoms in total. The fourth-order valence-corrected chi connectivity index (χ4v) is 5.04. The number of piperidine rings is 1. The van der Waals surface area contributed by atoms with Gasteiger partial charge in [-0.1, -0.05) is 0 Å². The van der Waals surface area contributed by atoms with Crippen molar-refractivity contribution in [2.24, 2.45) is 5.92 Å². The Balaban J connectivity index is 1.21. The van der Waals surface area contributed by atoms with Crippen LogP contribution in [0, 0.1) is 18.7 Å². The van der Waals surface area contributed by atoms with E-state index in [1.807, 2.05) is 6.07 Å². The van der Waals surface area contributed by atoms with Gasteiger partial charge in [0.05, 0.1) is 35.0 Å². The number of carbonyl (C=O) groups is 2. The van der Waals surface area contributed by atoms with E-state index in [-0.39, 0.29) is 11.5 Å². The molecule has 1 aromatic carbocycles. The second kappa shape index (κ2) is 12.9. The number of nitrogens with zero attached hydrogens (tertiary/aromatic N) is 3. The number of rotatable bonds is 8. The predicted octanol–water partition coefficient (Wildman–Crippen LogP) is 5.26. The third kappa shape index (κ3) is 7.12. The highest BCUT2D eigenvalue weighted by molar-refractivity contribution is 6.08. The van der Waals surface area contributed by atoms with Gasteiger partial charge in [-0.25, -0.2) is 9.37 Å². The molecule has 3 aromatic rings. The number of hydrogen-bond donors (Lipinski definition) is 3. The minimum atomic E-state index is -0.470. The quantitative estimate of drug-likeness (QED) is 0.354. The molecule has 210 valence electrons. The molecule has 2 aliphatic heterocycles. The molecule has 0 atom stereocenters. The highest BCUT2D eigenvalue weighted by Gasteiger charge is 2.18. The lowest BCUT2D eigenvalue weighted by Crippen LogP contribution is -2.29. The van der Waals surface area contributed by atoms with Gasteiger partial charge in [0.2, 0.25) is 0 Å². The van der Waals surface area contributed by atoms with E-state index >= 15 is 0 Å². The van der Waals surface area contributed by atoms with Crippen molar-refractivity contribution in [2.75, 3.05) is 53.7 Å². The number of hydrogen-bond acceptors (Lipinski definition) is 7. The Morgan fingerprint density at radius 3 is 2.45 bits per heavy atom. The van der Waals surface area contributed by atoms with Gasteiger partial charge in [-0.2, -0.15) is 0 Å². The molecule has 40 heavy (non-hydrogen) atoms. The summed E-state index contributed by atoms with van der Waals surface area (Å²) in [6.07, 6.45) is 8.41. The molecule has 5 rings (SSSR count). The van der Waals surface area contributed by atoms with E-state index in [0.717, 1.165) is 70.8 Å². The van der Waals surface area contributed by atoms with Crippen LogP contribution in [0.25, 0.3) is 0 Å². The van der Waals surface area contributed by atoms with Gasteiger partial charge in [0.15, 0.2) is 0 Å². The van der Waals surface area contributed by atoms with Crippen LogP contribution in [0.5, 0.6) is 0 Å². The van der Waals surface area contributed by atoms with Crippen molar-refractivity contribution < 1.29 is 18.7 Å². The van der Waals surface area contributed by atoms with Gasteiger partial charge < -0.3 is 25.6 Å². The largest absolute Gasteiger partial charge is 0.381 e. The monoisotopic (exact) mass is 546 g/mol. The van der Waals surface area contributed by atoms with Gasteiger partial charge in [0, 0.05) is 44.1 Å². The third-order valence-corrected chi connectivity index (χ3v) is 7.39. The highest BCUT2D eigenvalue weighted by Crippen LogP contribution is 2.24. The second-order valence-corrected chi connectivity index (χ2v) is 10.4. The summed E-state index contributed by atoms with van der Waals surface area (Å²) >= 11 is 0. The Labute approximate surface area is 233 Å². The fourth-order valence-electron chi connectivity index (χ4n) is 5.04. The van der Waals surface area contributed by atoms with Crippen LogP contribution >= 0.6 is 0 Å². The fraction of sp³-hybridized carbons (Fsp3) is 0.400. The Bertz CT molecular complexity index is 1340. The van der Waals surface area contributed by atoms with Crippen LogP contribution in [0.2, 0.25) is 0 Å². The lowest BCUT2D eigenvalue weighted by molar-refractivity contribution is 0.0699. The number of benzene rings is 1. The molecular formula is C30H35FN6O3. The first-order valence-corrected chi connectivity index (χ1v) is 13.9. The summed E-state index contributed by atoms with van der Waals surface area (Å²) in [6.45, 7) is 5.84. The van der Waals surface area contributed by atoms with Crippen molar-refractivity contribution in [1.29, 1.82) is 0 Å². The van der Waals surface area contributed by atoms with E-state index in [4.69, 9.17) is 4.74 Å². The Hall–Kier alpha value is -4.05. The molecule has 3 N–H and O–H groups in total. The lowest BCUT2D eigenvalue weighted by Gasteiger charge is -2.29. The molecular weight excluding hydrogens is 511 g/mol. The van der Waals surface area contributed by atoms with Crippen LogP contribution in [-0.4, -0.2) is 54.6 Å². The van der Waals surface area contributed by atoms with Gasteiger partial charge >= 0.3 is 0 Å². The Morgan fingerprint density at radius 1 is 0.950 bits per heavy atom. The first-order chi connectivity index (χ1) is 19.4. The molecule has 0 unspecified atom stereocenters. The van der Waals surface area contributed by atoms with Gasteiger partial charge in [-0.05, 0) is 81.3 Å². The molecule has 0 bridgehead atoms. The van der Waals surface area contributed by atoms with E-state index in [1.165, 1.54) is 18.3 Å². The summed E-state index contributed by atoms with van der Waals surface area (Å²) in [5.41, 5.74) is 2.62. The van der Waals surface area contributed by atoms with Crippen LogP contribution in [0.4, 0.5) is 27.3 Å². The summed E-state index contributed by atoms with van der Waals surface area (Å²) in [5, 5.41) is 8.94. The maximum Gasteiger partial charge on any atom is 0.257 e. The number of amides is 2. The lowest BCUT2D eigenvalue weighted by atomic mass is 10.0. The van der Waals surface area contributed by atoms with E-state index in [2.05, 4.69) is 30.8 Å². The van der Waals surface area contributed by atoms with Crippen molar-refractivity contribution in [1.82, 2.24) is 9.97 Å². The molecule has 2 amide bonds. The van der Waals surface area contributed by atoms with Gasteiger partial charge in [-0.3, -0.25) is 14.6 Å². The van der Waals surface area contributed by atoms with Crippen molar-refractivity contribution in [2.45, 2.75) is 39.0 Å². The summed E-state index contributed by atoms with van der Waals surface area (Å²) < 4.78 is 19.8. The molecule has 2 saturated heterocycles. The van der Waals surface area contributed by atoms with Crippen LogP contribution in [0.15, 0.2) is 48.8 Å². The molecule has 0 spiro atoms. The number of anilines is 4. The molecule has 0 radical (unpaired) electrons. The SMILES string of the molecule is Cc1ncc(NC(=O)c2cc(F)cc(N3CCCCC3)c2)cc1C(=O)Nc1ccc(NCC2CCOCC2)nc1. The van der Waals surface area contributed by atoms with E-state index in [1.54, 1.807) is 31.3 Å². The van der Waals surface area contributed by atoms with Gasteiger partial charge in [0.1, 0.15) is 11.6 Å². The van der Waals surface area contributed by atoms with E-state index in [0.29, 0.717) is 34.2 Å². The molecule has 2 fully saturated rings. The first-order valence-electron chi connectivity index (χ1n) is 13.9. The van der Waals surface area contributed by atoms with Crippen molar-refractivity contribution >= 4 is 34.7 Å². The standard InChI is InChI=1S/C30H35FN6O3/c1-20-27(30(39)35-24-5-6-28(34-18-24)33-17-21-7-11-40-12-8-21)16-25(19-32-20)36-29(38)22-13-23(31)15-26(14-22)37-9-3-2-4-10-37/h5-6,13-16,18-19,21H,2-4,7-12,17H2,1H3,(H,33,34)(H,35,39)(H,36,38). The number of aromatic nitrogens is 2. The molecule has 0 aliphatic carbocycles. The van der Waals surface area contributed by atoms with E-state index < -0.39 is 11.7 Å². The van der Waals surface area contributed by atoms with Crippen LogP contribution in [-0.2, 0) is 4.74 Å². The molecule has 2 aromatic heterocycles. The molecule has 4 heterocycles. The Kier molecular flexibility index (Phi) is 8.85. The zero-order valence-electron chi connectivity index (χ0n) is 22.7. The summed E-state index contributed by atoms with van der Waals surface area (Å²) in [4.78, 5) is 36.8. The topological polar surface area (TPSA) is 108 Å². The summed E-state index contributed by atoms with van der Waals surface area (Å²) in [6, 6.07) is 9.56. The highest BCUT2D eigenvalue weighted by atomic mass is 19.1. The number of pyridine rings is 2. The number of halogens is 1. The van der Waals surface area contributed by atoms with Crippen molar-refractivity contribution in [3.05, 3.63) is 71.4 Å². The van der Waals surface area contributed by atoms with Gasteiger partial charge in [0.25, 0.3) is 11.8 Å². The Morgan fingerprint density at radius 2 is 1.70 bits per heavy atom. The smallest absolute Gasteiger partial charge is 0.257 e. The zero-order valence-corrected chi connectivity index (χ0v) is 22.7. The van der Waals surface area contributed by atoms with E-state index in [9.17, 15) is 14.0 Å². The molecule has 2 aliphatic rings. The average Bonchev–Trinajstić information content (AvgIpc) is 2.98. The second-order valence-electron chi connectivity index (χ2n) is 10.4. The predicted molar refractivity (Wildman–Crippen MR) is 154 cm³/mol. The first kappa shape index (κ1) is 27.5. The maximum atomic E-state index is 14.4.